The van der Waals surface area contributed by atoms with Gasteiger partial charge >= 0.3 is 0 Å². The Morgan fingerprint density at radius 3 is 1.60 bits per heavy atom. The first-order chi connectivity index (χ1) is 25.8. The summed E-state index contributed by atoms with van der Waals surface area (Å²) in [6, 6.07) is 28.1. The van der Waals surface area contributed by atoms with E-state index in [2.05, 4.69) is 149 Å². The van der Waals surface area contributed by atoms with Crippen LogP contribution in [0.15, 0.2) is 97.6 Å². The van der Waals surface area contributed by atoms with Gasteiger partial charge in [0.15, 0.2) is 0 Å². The number of unbranched alkanes of at least 4 members (excludes halogenated alkanes) is 6. The van der Waals surface area contributed by atoms with Crippen LogP contribution < -0.4 is 0 Å². The second kappa shape index (κ2) is 18.0. The van der Waals surface area contributed by atoms with Crippen LogP contribution in [-0.4, -0.2) is 9.97 Å². The van der Waals surface area contributed by atoms with Gasteiger partial charge in [0.1, 0.15) is 0 Å². The van der Waals surface area contributed by atoms with E-state index in [0.717, 1.165) is 11.1 Å². The molecule has 0 saturated carbocycles. The zero-order valence-corrected chi connectivity index (χ0v) is 33.2. The quantitative estimate of drug-likeness (QED) is 0.0903. The highest BCUT2D eigenvalue weighted by atomic mass is 14.6. The minimum absolute atomic E-state index is 0.0298. The van der Waals surface area contributed by atoms with Crippen molar-refractivity contribution in [2.75, 3.05) is 0 Å². The molecule has 0 aliphatic heterocycles. The second-order valence-electron chi connectivity index (χ2n) is 15.9. The van der Waals surface area contributed by atoms with E-state index in [9.17, 15) is 0 Å². The average molecular weight is 701 g/mol. The summed E-state index contributed by atoms with van der Waals surface area (Å²) in [7, 11) is 0. The molecule has 1 aliphatic rings. The zero-order chi connectivity index (χ0) is 37.2. The molecule has 0 saturated heterocycles. The topological polar surface area (TPSA) is 25.8 Å². The van der Waals surface area contributed by atoms with Crippen molar-refractivity contribution in [1.82, 2.24) is 9.97 Å². The molecule has 0 unspecified atom stereocenters. The third kappa shape index (κ3) is 8.81. The number of benzene rings is 3. The number of hydrogen-bond donors (Lipinski definition) is 0. The van der Waals surface area contributed by atoms with Crippen LogP contribution >= 0.6 is 0 Å². The largest absolute Gasteiger partial charge is 0.265 e. The fraction of sp³-hybridized carbons (Fsp3) is 0.373. The van der Waals surface area contributed by atoms with Gasteiger partial charge in [-0.05, 0) is 128 Å². The Bertz CT molecular complexity index is 1990. The lowest BCUT2D eigenvalue weighted by Crippen LogP contribution is -2.26. The minimum Gasteiger partial charge on any atom is -0.265 e. The highest BCUT2D eigenvalue weighted by Gasteiger charge is 2.42. The van der Waals surface area contributed by atoms with Crippen molar-refractivity contribution < 1.29 is 0 Å². The van der Waals surface area contributed by atoms with Gasteiger partial charge in [-0.1, -0.05) is 154 Å². The van der Waals surface area contributed by atoms with Gasteiger partial charge in [0.05, 0.1) is 0 Å². The van der Waals surface area contributed by atoms with Crippen molar-refractivity contribution in [2.45, 2.75) is 123 Å². The molecule has 0 bridgehead atoms. The molecule has 2 nitrogen and oxygen atoms in total. The zero-order valence-electron chi connectivity index (χ0n) is 33.2. The Hall–Kier alpha value is -4.56. The van der Waals surface area contributed by atoms with Gasteiger partial charge < -0.3 is 0 Å². The monoisotopic (exact) mass is 700 g/mol. The van der Waals surface area contributed by atoms with E-state index < -0.39 is 0 Å². The molecule has 6 rings (SSSR count). The van der Waals surface area contributed by atoms with Crippen LogP contribution in [0.1, 0.15) is 162 Å². The lowest BCUT2D eigenvalue weighted by Gasteiger charge is -2.34. The minimum atomic E-state index is 0.0298. The van der Waals surface area contributed by atoms with Crippen LogP contribution in [0, 0.1) is 0 Å². The molecule has 0 amide bonds. The lowest BCUT2D eigenvalue weighted by molar-refractivity contribution is 0.400. The Balaban J connectivity index is 1.55. The normalized spacial score (nSPS) is 13.4. The SMILES string of the molecule is CCCCCCC1(CCCCCC)c2cc(-c3cc(/C=C/c4ccncc4)c(C(C)C)cc3/C=C/c3ccncc3)ccc2-c2ccc(C(C)C)cc21. The highest BCUT2D eigenvalue weighted by molar-refractivity contribution is 5.89. The van der Waals surface area contributed by atoms with Crippen LogP contribution in [-0.2, 0) is 5.41 Å². The van der Waals surface area contributed by atoms with Gasteiger partial charge in [-0.15, -0.1) is 0 Å². The summed E-state index contributed by atoms with van der Waals surface area (Å²) >= 11 is 0. The molecule has 0 radical (unpaired) electrons. The molecular formula is C51H60N2. The van der Waals surface area contributed by atoms with Crippen molar-refractivity contribution >= 4 is 24.3 Å². The predicted molar refractivity (Wildman–Crippen MR) is 230 cm³/mol. The summed E-state index contributed by atoms with van der Waals surface area (Å²) < 4.78 is 0. The van der Waals surface area contributed by atoms with Crippen LogP contribution in [0.2, 0.25) is 0 Å². The van der Waals surface area contributed by atoms with Crippen LogP contribution in [0.25, 0.3) is 46.6 Å². The number of rotatable bonds is 17. The summed E-state index contributed by atoms with van der Waals surface area (Å²) in [5.41, 5.74) is 16.3. The number of hydrogen-bond acceptors (Lipinski definition) is 2. The van der Waals surface area contributed by atoms with Crippen LogP contribution in [0.5, 0.6) is 0 Å². The third-order valence-corrected chi connectivity index (χ3v) is 11.5. The molecular weight excluding hydrogens is 641 g/mol. The Labute approximate surface area is 320 Å². The van der Waals surface area contributed by atoms with E-state index >= 15 is 0 Å². The molecule has 53 heavy (non-hydrogen) atoms. The maximum Gasteiger partial charge on any atom is 0.0273 e. The van der Waals surface area contributed by atoms with E-state index in [1.807, 2.05) is 24.8 Å². The molecule has 5 aromatic rings. The van der Waals surface area contributed by atoms with Gasteiger partial charge in [-0.3, -0.25) is 9.97 Å². The molecule has 0 N–H and O–H groups in total. The first-order valence-corrected chi connectivity index (χ1v) is 20.5. The summed E-state index contributed by atoms with van der Waals surface area (Å²) in [6.45, 7) is 13.9. The maximum absolute atomic E-state index is 4.26. The summed E-state index contributed by atoms with van der Waals surface area (Å²) in [6.07, 6.45) is 29.3. The van der Waals surface area contributed by atoms with Crippen molar-refractivity contribution in [1.29, 1.82) is 0 Å². The number of aromatic nitrogens is 2. The smallest absolute Gasteiger partial charge is 0.0273 e. The average Bonchev–Trinajstić information content (AvgIpc) is 3.45. The Morgan fingerprint density at radius 2 is 1.06 bits per heavy atom. The third-order valence-electron chi connectivity index (χ3n) is 11.5. The summed E-state index contributed by atoms with van der Waals surface area (Å²) in [5.74, 6) is 0.878. The first-order valence-electron chi connectivity index (χ1n) is 20.5. The van der Waals surface area contributed by atoms with Gasteiger partial charge in [0, 0.05) is 30.2 Å². The maximum atomic E-state index is 4.26. The molecule has 0 fully saturated rings. The van der Waals surface area contributed by atoms with E-state index in [-0.39, 0.29) is 5.41 Å². The van der Waals surface area contributed by atoms with E-state index in [1.54, 1.807) is 11.1 Å². The number of pyridine rings is 2. The molecule has 3 aromatic carbocycles. The fourth-order valence-electron chi connectivity index (χ4n) is 8.41. The lowest BCUT2D eigenvalue weighted by atomic mass is 9.69. The second-order valence-corrected chi connectivity index (χ2v) is 15.9. The number of fused-ring (bicyclic) bond motifs is 3. The molecule has 0 spiro atoms. The van der Waals surface area contributed by atoms with E-state index in [0.29, 0.717) is 11.8 Å². The fourth-order valence-corrected chi connectivity index (χ4v) is 8.41. The summed E-state index contributed by atoms with van der Waals surface area (Å²) in [5, 5.41) is 0. The Kier molecular flexibility index (Phi) is 12.9. The molecule has 1 aliphatic carbocycles. The van der Waals surface area contributed by atoms with E-state index in [1.165, 1.54) is 109 Å². The molecule has 274 valence electrons. The van der Waals surface area contributed by atoms with Crippen LogP contribution in [0.4, 0.5) is 0 Å². The highest BCUT2D eigenvalue weighted by Crippen LogP contribution is 2.55. The van der Waals surface area contributed by atoms with Crippen LogP contribution in [0.3, 0.4) is 0 Å². The molecule has 0 atom stereocenters. The van der Waals surface area contributed by atoms with Gasteiger partial charge in [0.25, 0.3) is 0 Å². The predicted octanol–water partition coefficient (Wildman–Crippen LogP) is 14.9. The molecule has 2 heterocycles. The van der Waals surface area contributed by atoms with Crippen molar-refractivity contribution in [2.24, 2.45) is 0 Å². The van der Waals surface area contributed by atoms with Crippen molar-refractivity contribution in [3.63, 3.8) is 0 Å². The summed E-state index contributed by atoms with van der Waals surface area (Å²) in [4.78, 5) is 8.49. The molecule has 2 aromatic heterocycles. The van der Waals surface area contributed by atoms with Gasteiger partial charge in [0.2, 0.25) is 0 Å². The van der Waals surface area contributed by atoms with Crippen molar-refractivity contribution in [3.8, 4) is 22.3 Å². The van der Waals surface area contributed by atoms with Gasteiger partial charge in [-0.25, -0.2) is 0 Å². The number of nitrogens with zero attached hydrogens (tertiary/aromatic N) is 2. The van der Waals surface area contributed by atoms with Gasteiger partial charge in [-0.2, -0.15) is 0 Å². The Morgan fingerprint density at radius 1 is 0.509 bits per heavy atom. The molecule has 2 heteroatoms. The van der Waals surface area contributed by atoms with E-state index in [4.69, 9.17) is 0 Å². The first kappa shape index (κ1) is 38.2. The van der Waals surface area contributed by atoms with Crippen molar-refractivity contribution in [3.05, 3.63) is 142 Å². The standard InChI is InChI=1S/C51H60N2/c1-7-9-11-13-27-51(28-14-12-10-8-2)49-35-41(37(3)4)19-21-45(49)46-22-20-44(36-50(46)51)48-34-42(17-15-39-23-29-52-30-24-39)47(38(5)6)33-43(48)18-16-40-25-31-53-32-26-40/h15-26,29-38H,7-14,27-28H2,1-6H3/b17-15+,18-16+.